The second-order valence-electron chi connectivity index (χ2n) is 5.20. The number of rotatable bonds is 14. The standard InChI is InChI=1S/C18H34O/c1-4-7-8-9-10-11-12-13-14-15-16-17-18(5-2)19-6-3/h4,7-8,18H,1,5-6,9-17H2,2-3H3/b8-7+. The Kier molecular flexibility index (Phi) is 15.0. The average molecular weight is 266 g/mol. The second kappa shape index (κ2) is 15.5. The molecule has 112 valence electrons. The summed E-state index contributed by atoms with van der Waals surface area (Å²) in [5.74, 6) is 0. The van der Waals surface area contributed by atoms with Crippen molar-refractivity contribution in [2.45, 2.75) is 84.2 Å². The molecular formula is C18H34O. The molecule has 0 rings (SSSR count). The lowest BCUT2D eigenvalue weighted by Crippen LogP contribution is -2.11. The molecule has 0 aromatic rings. The number of allylic oxidation sites excluding steroid dienone is 3. The Labute approximate surface area is 121 Å². The topological polar surface area (TPSA) is 9.23 Å². The quantitative estimate of drug-likeness (QED) is 0.274. The van der Waals surface area contributed by atoms with Gasteiger partial charge in [-0.3, -0.25) is 0 Å². The van der Waals surface area contributed by atoms with Gasteiger partial charge >= 0.3 is 0 Å². The first-order chi connectivity index (χ1) is 9.35. The fraction of sp³-hybridized carbons (Fsp3) is 0.778. The summed E-state index contributed by atoms with van der Waals surface area (Å²) >= 11 is 0. The lowest BCUT2D eigenvalue weighted by molar-refractivity contribution is 0.0523. The van der Waals surface area contributed by atoms with Gasteiger partial charge in [0.05, 0.1) is 6.10 Å². The number of hydrogen-bond acceptors (Lipinski definition) is 1. The summed E-state index contributed by atoms with van der Waals surface area (Å²) in [4.78, 5) is 0. The third-order valence-corrected chi connectivity index (χ3v) is 3.53. The highest BCUT2D eigenvalue weighted by molar-refractivity contribution is 4.96. The molecule has 0 aliphatic rings. The maximum absolute atomic E-state index is 5.67. The van der Waals surface area contributed by atoms with E-state index < -0.39 is 0 Å². The van der Waals surface area contributed by atoms with Crippen LogP contribution in [0.2, 0.25) is 0 Å². The lowest BCUT2D eigenvalue weighted by atomic mass is 10.0. The van der Waals surface area contributed by atoms with Gasteiger partial charge in [-0.05, 0) is 32.6 Å². The first kappa shape index (κ1) is 18.4. The van der Waals surface area contributed by atoms with E-state index in [2.05, 4.69) is 26.5 Å². The van der Waals surface area contributed by atoms with Gasteiger partial charge < -0.3 is 4.74 Å². The molecule has 0 saturated heterocycles. The van der Waals surface area contributed by atoms with Crippen LogP contribution in [-0.4, -0.2) is 12.7 Å². The van der Waals surface area contributed by atoms with Crippen LogP contribution in [0.1, 0.15) is 78.1 Å². The van der Waals surface area contributed by atoms with Crippen molar-refractivity contribution in [2.75, 3.05) is 6.61 Å². The number of unbranched alkanes of at least 4 members (excludes halogenated alkanes) is 7. The van der Waals surface area contributed by atoms with E-state index in [1.807, 2.05) is 12.2 Å². The van der Waals surface area contributed by atoms with Crippen molar-refractivity contribution >= 4 is 0 Å². The Hall–Kier alpha value is -0.560. The molecule has 0 fully saturated rings. The molecule has 0 amide bonds. The van der Waals surface area contributed by atoms with E-state index in [1.54, 1.807) is 0 Å². The van der Waals surface area contributed by atoms with Crippen molar-refractivity contribution < 1.29 is 4.74 Å². The summed E-state index contributed by atoms with van der Waals surface area (Å²) in [6.45, 7) is 8.84. The lowest BCUT2D eigenvalue weighted by Gasteiger charge is -2.14. The van der Waals surface area contributed by atoms with Gasteiger partial charge in [-0.25, -0.2) is 0 Å². The van der Waals surface area contributed by atoms with Gasteiger partial charge in [0.15, 0.2) is 0 Å². The highest BCUT2D eigenvalue weighted by Crippen LogP contribution is 2.13. The molecule has 19 heavy (non-hydrogen) atoms. The van der Waals surface area contributed by atoms with Crippen molar-refractivity contribution in [1.82, 2.24) is 0 Å². The molecule has 0 aliphatic heterocycles. The molecule has 0 spiro atoms. The zero-order valence-electron chi connectivity index (χ0n) is 13.2. The van der Waals surface area contributed by atoms with Crippen LogP contribution >= 0.6 is 0 Å². The van der Waals surface area contributed by atoms with Gasteiger partial charge in [-0.1, -0.05) is 70.3 Å². The minimum absolute atomic E-state index is 0.502. The van der Waals surface area contributed by atoms with Gasteiger partial charge in [-0.2, -0.15) is 0 Å². The van der Waals surface area contributed by atoms with Crippen molar-refractivity contribution in [2.24, 2.45) is 0 Å². The smallest absolute Gasteiger partial charge is 0.0572 e. The first-order valence-electron chi connectivity index (χ1n) is 8.24. The molecule has 1 atom stereocenters. The highest BCUT2D eigenvalue weighted by Gasteiger charge is 2.04. The van der Waals surface area contributed by atoms with Crippen LogP contribution in [-0.2, 0) is 4.74 Å². The molecule has 0 saturated carbocycles. The Morgan fingerprint density at radius 2 is 1.58 bits per heavy atom. The van der Waals surface area contributed by atoms with E-state index in [9.17, 15) is 0 Å². The van der Waals surface area contributed by atoms with Crippen molar-refractivity contribution in [1.29, 1.82) is 0 Å². The van der Waals surface area contributed by atoms with Crippen molar-refractivity contribution in [3.05, 3.63) is 24.8 Å². The van der Waals surface area contributed by atoms with Gasteiger partial charge in [0.25, 0.3) is 0 Å². The van der Waals surface area contributed by atoms with Crippen LogP contribution in [0.4, 0.5) is 0 Å². The third kappa shape index (κ3) is 13.7. The van der Waals surface area contributed by atoms with Crippen molar-refractivity contribution in [3.63, 3.8) is 0 Å². The predicted octanol–water partition coefficient (Wildman–Crippen LogP) is 6.05. The monoisotopic (exact) mass is 266 g/mol. The maximum Gasteiger partial charge on any atom is 0.0572 e. The number of ether oxygens (including phenoxy) is 1. The van der Waals surface area contributed by atoms with Crippen molar-refractivity contribution in [3.8, 4) is 0 Å². The Morgan fingerprint density at radius 3 is 2.16 bits per heavy atom. The Balaban J connectivity index is 3.18. The summed E-state index contributed by atoms with van der Waals surface area (Å²) in [6, 6.07) is 0. The van der Waals surface area contributed by atoms with Gasteiger partial charge in [0.1, 0.15) is 0 Å². The molecule has 1 nitrogen and oxygen atoms in total. The first-order valence-corrected chi connectivity index (χ1v) is 8.24. The largest absolute Gasteiger partial charge is 0.379 e. The average Bonchev–Trinajstić information content (AvgIpc) is 2.43. The van der Waals surface area contributed by atoms with Gasteiger partial charge in [0.2, 0.25) is 0 Å². The van der Waals surface area contributed by atoms with Crippen LogP contribution in [0.15, 0.2) is 24.8 Å². The molecule has 1 heteroatoms. The summed E-state index contributed by atoms with van der Waals surface area (Å²) in [7, 11) is 0. The minimum Gasteiger partial charge on any atom is -0.379 e. The number of hydrogen-bond donors (Lipinski definition) is 0. The molecular weight excluding hydrogens is 232 g/mol. The van der Waals surface area contributed by atoms with Crippen LogP contribution in [0.5, 0.6) is 0 Å². The van der Waals surface area contributed by atoms with E-state index in [1.165, 1.54) is 57.8 Å². The fourth-order valence-corrected chi connectivity index (χ4v) is 2.35. The normalized spacial score (nSPS) is 12.9. The van der Waals surface area contributed by atoms with Crippen LogP contribution in [0.3, 0.4) is 0 Å². The molecule has 0 aromatic heterocycles. The van der Waals surface area contributed by atoms with E-state index in [4.69, 9.17) is 4.74 Å². The molecule has 0 aliphatic carbocycles. The zero-order valence-corrected chi connectivity index (χ0v) is 13.2. The van der Waals surface area contributed by atoms with E-state index >= 15 is 0 Å². The van der Waals surface area contributed by atoms with Gasteiger partial charge in [-0.15, -0.1) is 0 Å². The summed E-state index contributed by atoms with van der Waals surface area (Å²) < 4.78 is 5.67. The van der Waals surface area contributed by atoms with E-state index in [0.717, 1.165) is 13.0 Å². The minimum atomic E-state index is 0.502. The van der Waals surface area contributed by atoms with E-state index in [0.29, 0.717) is 6.10 Å². The Morgan fingerprint density at radius 1 is 0.947 bits per heavy atom. The summed E-state index contributed by atoms with van der Waals surface area (Å²) in [5, 5.41) is 0. The molecule has 1 unspecified atom stereocenters. The molecule has 0 aromatic carbocycles. The fourth-order valence-electron chi connectivity index (χ4n) is 2.35. The van der Waals surface area contributed by atoms with Crippen LogP contribution < -0.4 is 0 Å². The molecule has 0 radical (unpaired) electrons. The highest BCUT2D eigenvalue weighted by atomic mass is 16.5. The van der Waals surface area contributed by atoms with Crippen LogP contribution in [0, 0.1) is 0 Å². The molecule has 0 bridgehead atoms. The molecule has 0 heterocycles. The molecule has 0 N–H and O–H groups in total. The third-order valence-electron chi connectivity index (χ3n) is 3.53. The maximum atomic E-state index is 5.67. The zero-order chi connectivity index (χ0) is 14.2. The predicted molar refractivity (Wildman–Crippen MR) is 86.6 cm³/mol. The summed E-state index contributed by atoms with van der Waals surface area (Å²) in [5.41, 5.74) is 0. The second-order valence-corrected chi connectivity index (χ2v) is 5.20. The SMILES string of the molecule is C=C/C=C/CCCCCCCCCC(CC)OCC. The van der Waals surface area contributed by atoms with Crippen LogP contribution in [0.25, 0.3) is 0 Å². The van der Waals surface area contributed by atoms with Gasteiger partial charge in [0, 0.05) is 6.61 Å². The summed E-state index contributed by atoms with van der Waals surface area (Å²) in [6.07, 6.45) is 19.8. The van der Waals surface area contributed by atoms with E-state index in [-0.39, 0.29) is 0 Å². The Bertz CT molecular complexity index is 208.